The third kappa shape index (κ3) is 6.02. The summed E-state index contributed by atoms with van der Waals surface area (Å²) >= 11 is 0. The zero-order valence-corrected chi connectivity index (χ0v) is 33.9. The van der Waals surface area contributed by atoms with Gasteiger partial charge in [-0.15, -0.1) is 0 Å². The lowest BCUT2D eigenvalue weighted by atomic mass is 9.33. The Kier molecular flexibility index (Phi) is 10.0. The number of ether oxygens (including phenoxy) is 1. The van der Waals surface area contributed by atoms with E-state index >= 15 is 0 Å². The number of β-amino-alcohol motifs (C(OH)–C–C–N with tert-alkyl or cyclic N) is 1. The number of pyridine rings is 1. The normalized spacial score (nSPS) is 40.8. The molecule has 4 N–H and O–H groups in total. The largest absolute Gasteiger partial charge is 0.481 e. The average molecular weight is 754 g/mol. The maximum atomic E-state index is 12.7. The molecule has 7 rings (SSSR count). The van der Waals surface area contributed by atoms with Gasteiger partial charge in [-0.1, -0.05) is 58.9 Å². The summed E-state index contributed by atoms with van der Waals surface area (Å²) in [4.78, 5) is 28.5. The minimum Gasteiger partial charge on any atom is -0.481 e. The number of nitrogens with zero attached hydrogens (tertiary/aromatic N) is 2. The van der Waals surface area contributed by atoms with Crippen LogP contribution in [-0.2, 0) is 9.59 Å². The van der Waals surface area contributed by atoms with Crippen LogP contribution in [0.5, 0.6) is 5.88 Å². The highest BCUT2D eigenvalue weighted by Gasteiger charge is 2.70. The first-order chi connectivity index (χ1) is 25.9. The van der Waals surface area contributed by atoms with Crippen LogP contribution in [0.25, 0.3) is 0 Å². The number of nitrogens with one attached hydrogen (secondary N) is 1. The number of aliphatic hydroxyl groups excluding tert-OH is 1. The van der Waals surface area contributed by atoms with Crippen LogP contribution in [0, 0.1) is 68.0 Å². The lowest BCUT2D eigenvalue weighted by molar-refractivity contribution is -0.221. The van der Waals surface area contributed by atoms with Gasteiger partial charge in [-0.05, 0) is 159 Å². The maximum Gasteiger partial charge on any atom is 0.333 e. The molecule has 11 atom stereocenters. The van der Waals surface area contributed by atoms with Crippen molar-refractivity contribution in [3.05, 3.63) is 59.3 Å². The second-order valence-electron chi connectivity index (χ2n) is 19.9. The Morgan fingerprint density at radius 2 is 1.76 bits per heavy atom. The van der Waals surface area contributed by atoms with Crippen LogP contribution in [0.15, 0.2) is 53.8 Å². The van der Waals surface area contributed by atoms with Gasteiger partial charge in [0.05, 0.1) is 0 Å². The van der Waals surface area contributed by atoms with Crippen molar-refractivity contribution in [1.29, 1.82) is 5.26 Å². The number of allylic oxidation sites excluding steroid dienone is 5. The van der Waals surface area contributed by atoms with E-state index in [0.717, 1.165) is 44.9 Å². The Morgan fingerprint density at radius 1 is 1.00 bits per heavy atom. The third-order valence-electron chi connectivity index (χ3n) is 17.4. The summed E-state index contributed by atoms with van der Waals surface area (Å²) < 4.78 is 5.92. The van der Waals surface area contributed by atoms with E-state index in [0.29, 0.717) is 54.4 Å². The molecule has 1 aromatic rings. The summed E-state index contributed by atoms with van der Waals surface area (Å²) in [6, 6.07) is 5.39. The van der Waals surface area contributed by atoms with Gasteiger partial charge in [0.1, 0.15) is 23.7 Å². The van der Waals surface area contributed by atoms with Crippen LogP contribution < -0.4 is 10.1 Å². The zero-order chi connectivity index (χ0) is 39.8. The number of hydrogen-bond acceptors (Lipinski definition) is 7. The number of hydrogen-bond donors (Lipinski definition) is 4. The summed E-state index contributed by atoms with van der Waals surface area (Å²) in [6.45, 7) is 19.4. The van der Waals surface area contributed by atoms with E-state index in [1.807, 2.05) is 0 Å². The van der Waals surface area contributed by atoms with Crippen molar-refractivity contribution in [1.82, 2.24) is 10.3 Å². The molecule has 55 heavy (non-hydrogen) atoms. The average Bonchev–Trinajstić information content (AvgIpc) is 3.53. The van der Waals surface area contributed by atoms with Gasteiger partial charge in [-0.2, -0.15) is 5.26 Å². The maximum absolute atomic E-state index is 12.7. The molecule has 1 heterocycles. The van der Waals surface area contributed by atoms with Gasteiger partial charge in [-0.3, -0.25) is 4.79 Å². The first-order valence-electron chi connectivity index (χ1n) is 20.8. The van der Waals surface area contributed by atoms with Crippen LogP contribution in [0.2, 0.25) is 0 Å². The molecule has 1 unspecified atom stereocenters. The molecule has 6 aliphatic carbocycles. The number of aliphatic carboxylic acids is 2. The quantitative estimate of drug-likeness (QED) is 0.172. The number of carboxylic acids is 2. The third-order valence-corrected chi connectivity index (χ3v) is 17.4. The molecule has 0 radical (unpaired) electrons. The van der Waals surface area contributed by atoms with E-state index in [9.17, 15) is 30.2 Å². The fourth-order valence-electron chi connectivity index (χ4n) is 14.3. The first-order valence-corrected chi connectivity index (χ1v) is 20.8. The van der Waals surface area contributed by atoms with Gasteiger partial charge in [0.2, 0.25) is 5.88 Å². The van der Waals surface area contributed by atoms with Crippen molar-refractivity contribution in [2.75, 3.05) is 13.2 Å². The molecule has 0 spiro atoms. The molecule has 9 nitrogen and oxygen atoms in total. The van der Waals surface area contributed by atoms with Crippen molar-refractivity contribution in [3.63, 3.8) is 0 Å². The summed E-state index contributed by atoms with van der Waals surface area (Å²) in [5.41, 5.74) is 3.31. The van der Waals surface area contributed by atoms with E-state index in [1.54, 1.807) is 18.3 Å². The number of rotatable bonds is 10. The van der Waals surface area contributed by atoms with Gasteiger partial charge < -0.3 is 25.4 Å². The lowest BCUT2D eigenvalue weighted by Gasteiger charge is -2.72. The smallest absolute Gasteiger partial charge is 0.333 e. The lowest BCUT2D eigenvalue weighted by Crippen LogP contribution is -2.68. The minimum atomic E-state index is -1.41. The SMILES string of the molecule is C=C(C)[C@@H]1CC[C@]2(NCC(O)C(=O)O)CC[C@]3(C)[C@H](CC[C@@H]4[C@@]5(C)CC=C(C6=CC[C@](COc7ncccc7C#N)(C(=O)O)CC6)C(C)(C)[C@@H]5CC[C@]43C)[C@@H]12. The highest BCUT2D eigenvalue weighted by molar-refractivity contribution is 5.76. The second-order valence-corrected chi connectivity index (χ2v) is 19.9. The van der Waals surface area contributed by atoms with Crippen molar-refractivity contribution < 1.29 is 29.6 Å². The van der Waals surface area contributed by atoms with Crippen molar-refractivity contribution in [3.8, 4) is 11.9 Å². The highest BCUT2D eigenvalue weighted by atomic mass is 16.5. The predicted octanol–water partition coefficient (Wildman–Crippen LogP) is 8.49. The van der Waals surface area contributed by atoms with Crippen LogP contribution in [0.3, 0.4) is 0 Å². The first kappa shape index (κ1) is 39.7. The highest BCUT2D eigenvalue weighted by Crippen LogP contribution is 2.76. The molecule has 0 aromatic carbocycles. The molecule has 298 valence electrons. The molecule has 4 saturated carbocycles. The topological polar surface area (TPSA) is 153 Å². The number of aromatic nitrogens is 1. The van der Waals surface area contributed by atoms with E-state index in [2.05, 4.69) is 76.6 Å². The van der Waals surface area contributed by atoms with E-state index < -0.39 is 23.5 Å². The van der Waals surface area contributed by atoms with Crippen LogP contribution in [0.1, 0.15) is 124 Å². The van der Waals surface area contributed by atoms with Crippen molar-refractivity contribution in [2.24, 2.45) is 56.7 Å². The Hall–Kier alpha value is -3.48. The van der Waals surface area contributed by atoms with Gasteiger partial charge in [-0.25, -0.2) is 9.78 Å². The van der Waals surface area contributed by atoms with Crippen LogP contribution in [-0.4, -0.2) is 57.0 Å². The molecular weight excluding hydrogens is 691 g/mol. The molecule has 0 amide bonds. The summed E-state index contributed by atoms with van der Waals surface area (Å²) in [5, 5.41) is 43.4. The predicted molar refractivity (Wildman–Crippen MR) is 211 cm³/mol. The Bertz CT molecular complexity index is 1850. The minimum absolute atomic E-state index is 0.0313. The van der Waals surface area contributed by atoms with Crippen LogP contribution >= 0.6 is 0 Å². The molecule has 0 aliphatic heterocycles. The monoisotopic (exact) mass is 753 g/mol. The second kappa shape index (κ2) is 13.9. The van der Waals surface area contributed by atoms with Gasteiger partial charge in [0.15, 0.2) is 6.10 Å². The standard InChI is InChI=1S/C46H63N3O6/c1-28(2)31-14-21-46(49-26-34(50)39(51)52)23-22-43(6)33(37(31)46)10-11-36-42(5)17-15-32(41(3,4)35(42)16-18-44(36,43)7)29-12-19-45(20-13-29,40(53)54)27-55-38-30(25-47)9-8-24-48-38/h8-9,12,15,24,31,33-37,49-50H,1,10-11,13-14,16-23,26-27H2,2-7H3,(H,51,52)(H,53,54)/t31-,33+,34?,35-,36+,37+,42-,43+,44+,45-,46-/m0/s1. The molecule has 0 saturated heterocycles. The zero-order valence-electron chi connectivity index (χ0n) is 33.9. The number of aliphatic hydroxyl groups is 1. The number of nitriles is 1. The number of carbonyl (C=O) groups is 2. The Morgan fingerprint density at radius 3 is 2.42 bits per heavy atom. The van der Waals surface area contributed by atoms with Crippen molar-refractivity contribution in [2.45, 2.75) is 130 Å². The van der Waals surface area contributed by atoms with E-state index in [-0.39, 0.29) is 46.2 Å². The Balaban J connectivity index is 1.14. The molecule has 4 fully saturated rings. The Labute approximate surface area is 327 Å². The fourth-order valence-corrected chi connectivity index (χ4v) is 14.3. The molecule has 9 heteroatoms. The number of carboxylic acid groups (broad SMARTS) is 2. The van der Waals surface area contributed by atoms with Gasteiger partial charge in [0.25, 0.3) is 0 Å². The molecule has 0 bridgehead atoms. The van der Waals surface area contributed by atoms with Crippen molar-refractivity contribution >= 4 is 11.9 Å². The van der Waals surface area contributed by atoms with E-state index in [1.165, 1.54) is 29.6 Å². The summed E-state index contributed by atoms with van der Waals surface area (Å²) in [5.74, 6) is 0.471. The molecular formula is C46H63N3O6. The van der Waals surface area contributed by atoms with Crippen LogP contribution in [0.4, 0.5) is 0 Å². The van der Waals surface area contributed by atoms with E-state index in [4.69, 9.17) is 4.74 Å². The number of fused-ring (bicyclic) bond motifs is 7. The summed E-state index contributed by atoms with van der Waals surface area (Å²) in [7, 11) is 0. The fraction of sp³-hybridized carbons (Fsp3) is 0.696. The van der Waals surface area contributed by atoms with Gasteiger partial charge in [0, 0.05) is 18.3 Å². The molecule has 1 aromatic heterocycles. The van der Waals surface area contributed by atoms with Gasteiger partial charge >= 0.3 is 11.9 Å². The summed E-state index contributed by atoms with van der Waals surface area (Å²) in [6.07, 6.45) is 16.2. The molecule has 6 aliphatic rings.